The average Bonchev–Trinajstić information content (AvgIpc) is 3.26. The van der Waals surface area contributed by atoms with Crippen LogP contribution in [0.2, 0.25) is 0 Å². The highest BCUT2D eigenvalue weighted by atomic mass is 32.2. The van der Waals surface area contributed by atoms with Gasteiger partial charge in [-0.05, 0) is 49.9 Å². The lowest BCUT2D eigenvalue weighted by molar-refractivity contribution is -0.136. The van der Waals surface area contributed by atoms with E-state index in [1.54, 1.807) is 12.1 Å². The molecule has 0 fully saturated rings. The minimum atomic E-state index is -4.13. The zero-order valence-corrected chi connectivity index (χ0v) is 22.9. The first-order valence-electron chi connectivity index (χ1n) is 12.9. The Kier molecular flexibility index (Phi) is 8.39. The van der Waals surface area contributed by atoms with Crippen LogP contribution < -0.4 is 15.0 Å². The smallest absolute Gasteiger partial charge is 0.303 e. The van der Waals surface area contributed by atoms with E-state index in [1.807, 2.05) is 39.0 Å². The van der Waals surface area contributed by atoms with Gasteiger partial charge in [0.15, 0.2) is 0 Å². The van der Waals surface area contributed by atoms with Crippen molar-refractivity contribution in [3.05, 3.63) is 69.6 Å². The van der Waals surface area contributed by atoms with Crippen molar-refractivity contribution in [2.45, 2.75) is 57.8 Å². The first-order valence-corrected chi connectivity index (χ1v) is 14.4. The molecule has 10 nitrogen and oxygen atoms in total. The van der Waals surface area contributed by atoms with Crippen LogP contribution in [0.25, 0.3) is 22.3 Å². The lowest BCUT2D eigenvalue weighted by Gasteiger charge is -2.15. The molecule has 0 amide bonds. The van der Waals surface area contributed by atoms with E-state index in [0.29, 0.717) is 53.1 Å². The van der Waals surface area contributed by atoms with Crippen molar-refractivity contribution in [2.75, 3.05) is 11.3 Å². The molecule has 0 unspecified atom stereocenters. The Morgan fingerprint density at radius 2 is 1.82 bits per heavy atom. The number of H-pyrrole nitrogens is 2. The number of aryl methyl sites for hydroxylation is 2. The van der Waals surface area contributed by atoms with Gasteiger partial charge in [-0.2, -0.15) is 0 Å². The first-order chi connectivity index (χ1) is 18.7. The molecular weight excluding hydrogens is 520 g/mol. The summed E-state index contributed by atoms with van der Waals surface area (Å²) in [5, 5.41) is 9.95. The number of rotatable bonds is 12. The number of ether oxygens (including phenoxy) is 1. The van der Waals surface area contributed by atoms with E-state index in [9.17, 15) is 23.1 Å². The number of aliphatic carboxylic acids is 1. The number of carboxylic acid groups (broad SMARTS) is 1. The summed E-state index contributed by atoms with van der Waals surface area (Å²) in [6, 6.07) is 11.6. The maximum atomic E-state index is 13.6. The monoisotopic (exact) mass is 552 g/mol. The van der Waals surface area contributed by atoms with Crippen molar-refractivity contribution >= 4 is 32.7 Å². The van der Waals surface area contributed by atoms with Gasteiger partial charge in [0.1, 0.15) is 17.4 Å². The molecule has 0 bridgehead atoms. The van der Waals surface area contributed by atoms with Crippen LogP contribution in [0.3, 0.4) is 0 Å². The molecule has 0 saturated heterocycles. The number of hydrogen-bond acceptors (Lipinski definition) is 6. The maximum Gasteiger partial charge on any atom is 0.303 e. The van der Waals surface area contributed by atoms with Gasteiger partial charge in [-0.1, -0.05) is 39.0 Å². The third-order valence-corrected chi connectivity index (χ3v) is 7.75. The van der Waals surface area contributed by atoms with Crippen LogP contribution in [0.1, 0.15) is 50.4 Å². The molecule has 0 spiro atoms. The largest absolute Gasteiger partial charge is 0.493 e. The molecule has 11 heteroatoms. The number of anilines is 1. The summed E-state index contributed by atoms with van der Waals surface area (Å²) in [6.45, 7) is 6.15. The maximum absolute atomic E-state index is 13.6. The van der Waals surface area contributed by atoms with E-state index in [1.165, 1.54) is 12.1 Å². The highest BCUT2D eigenvalue weighted by Crippen LogP contribution is 2.33. The molecule has 4 N–H and O–H groups in total. The Balaban J connectivity index is 1.80. The quantitative estimate of drug-likeness (QED) is 0.199. The zero-order valence-electron chi connectivity index (χ0n) is 22.1. The Bertz CT molecular complexity index is 1670. The number of aromatic nitrogens is 3. The molecule has 0 aliphatic carbocycles. The Morgan fingerprint density at radius 1 is 1.05 bits per heavy atom. The van der Waals surface area contributed by atoms with Crippen LogP contribution in [0.5, 0.6) is 5.75 Å². The number of sulfonamides is 1. The van der Waals surface area contributed by atoms with Gasteiger partial charge in [0.05, 0.1) is 22.8 Å². The molecule has 0 aliphatic rings. The van der Waals surface area contributed by atoms with Crippen molar-refractivity contribution in [3.8, 4) is 17.1 Å². The summed E-state index contributed by atoms with van der Waals surface area (Å²) in [5.74, 6) is -0.149. The molecule has 0 atom stereocenters. The predicted molar refractivity (Wildman–Crippen MR) is 150 cm³/mol. The zero-order chi connectivity index (χ0) is 28.2. The predicted octanol–water partition coefficient (Wildman–Crippen LogP) is 4.65. The Morgan fingerprint density at radius 3 is 2.51 bits per heavy atom. The fourth-order valence-electron chi connectivity index (χ4n) is 4.50. The molecule has 0 aliphatic heterocycles. The SMILES string of the molecule is CCCOc1ccc(S(=O)(=O)Nc2[nH]c3ccccc3c2CCC(=O)O)cc1-c1nc(CC)c(CC)c(=O)[nH]1. The van der Waals surface area contributed by atoms with Crippen molar-refractivity contribution < 1.29 is 23.1 Å². The normalized spacial score (nSPS) is 11.6. The van der Waals surface area contributed by atoms with Crippen molar-refractivity contribution in [3.63, 3.8) is 0 Å². The summed E-state index contributed by atoms with van der Waals surface area (Å²) < 4.78 is 35.6. The molecule has 4 rings (SSSR count). The molecule has 206 valence electrons. The summed E-state index contributed by atoms with van der Waals surface area (Å²) in [4.78, 5) is 34.5. The molecule has 4 aromatic rings. The van der Waals surface area contributed by atoms with Crippen molar-refractivity contribution in [1.82, 2.24) is 15.0 Å². The van der Waals surface area contributed by atoms with Crippen LogP contribution in [0.15, 0.2) is 52.2 Å². The second-order valence-electron chi connectivity index (χ2n) is 9.08. The molecular formula is C28H32N4O6S. The summed E-state index contributed by atoms with van der Waals surface area (Å²) in [7, 11) is -4.13. The van der Waals surface area contributed by atoms with Crippen molar-refractivity contribution in [1.29, 1.82) is 0 Å². The number of aromatic amines is 2. The van der Waals surface area contributed by atoms with E-state index in [4.69, 9.17) is 4.74 Å². The molecule has 2 aromatic heterocycles. The van der Waals surface area contributed by atoms with E-state index in [-0.39, 0.29) is 34.9 Å². The third-order valence-electron chi connectivity index (χ3n) is 6.41. The van der Waals surface area contributed by atoms with Crippen LogP contribution in [0, 0.1) is 0 Å². The number of fused-ring (bicyclic) bond motifs is 1. The van der Waals surface area contributed by atoms with Crippen LogP contribution >= 0.6 is 0 Å². The average molecular weight is 553 g/mol. The number of carbonyl (C=O) groups is 1. The van der Waals surface area contributed by atoms with Crippen LogP contribution in [0.4, 0.5) is 5.82 Å². The minimum Gasteiger partial charge on any atom is -0.493 e. The van der Waals surface area contributed by atoms with Gasteiger partial charge in [0.25, 0.3) is 15.6 Å². The summed E-state index contributed by atoms with van der Waals surface area (Å²) in [6.07, 6.45) is 1.79. The van der Waals surface area contributed by atoms with Crippen molar-refractivity contribution in [2.24, 2.45) is 0 Å². The Hall–Kier alpha value is -4.12. The van der Waals surface area contributed by atoms with Gasteiger partial charge in [-0.15, -0.1) is 0 Å². The first kappa shape index (κ1) is 27.9. The molecule has 2 aromatic carbocycles. The summed E-state index contributed by atoms with van der Waals surface area (Å²) >= 11 is 0. The van der Waals surface area contributed by atoms with Gasteiger partial charge in [-0.25, -0.2) is 13.4 Å². The number of nitrogens with one attached hydrogen (secondary N) is 3. The topological polar surface area (TPSA) is 154 Å². The van der Waals surface area contributed by atoms with E-state index in [0.717, 1.165) is 11.8 Å². The lowest BCUT2D eigenvalue weighted by atomic mass is 10.1. The number of nitrogens with zero attached hydrogens (tertiary/aromatic N) is 1. The second kappa shape index (κ2) is 11.7. The molecule has 0 saturated carbocycles. The number of para-hydroxylation sites is 1. The van der Waals surface area contributed by atoms with E-state index >= 15 is 0 Å². The van der Waals surface area contributed by atoms with Gasteiger partial charge in [0, 0.05) is 28.5 Å². The van der Waals surface area contributed by atoms with Crippen LogP contribution in [-0.4, -0.2) is 41.1 Å². The number of benzene rings is 2. The number of carboxylic acids is 1. The number of hydrogen-bond donors (Lipinski definition) is 4. The highest BCUT2D eigenvalue weighted by molar-refractivity contribution is 7.92. The molecule has 39 heavy (non-hydrogen) atoms. The van der Waals surface area contributed by atoms with E-state index < -0.39 is 16.0 Å². The lowest BCUT2D eigenvalue weighted by Crippen LogP contribution is -2.19. The second-order valence-corrected chi connectivity index (χ2v) is 10.8. The standard InChI is InChI=1S/C28H32N4O6S/c1-4-15-38-24-13-11-17(16-21(24)26-29-22(6-3)18(5-2)28(35)31-26)39(36,37)32-27-20(12-14-25(33)34)19-9-7-8-10-23(19)30-27/h7-11,13,16,30,32H,4-6,12,14-15H2,1-3H3,(H,33,34)(H,29,31,35). The fourth-order valence-corrected chi connectivity index (χ4v) is 5.58. The van der Waals surface area contributed by atoms with Gasteiger partial charge < -0.3 is 19.8 Å². The fraction of sp³-hybridized carbons (Fsp3) is 0.321. The van der Waals surface area contributed by atoms with Gasteiger partial charge in [0.2, 0.25) is 0 Å². The van der Waals surface area contributed by atoms with Crippen LogP contribution in [-0.2, 0) is 34.1 Å². The third kappa shape index (κ3) is 5.98. The molecule has 0 radical (unpaired) electrons. The van der Waals surface area contributed by atoms with Gasteiger partial charge in [-0.3, -0.25) is 14.3 Å². The highest BCUT2D eigenvalue weighted by Gasteiger charge is 2.23. The van der Waals surface area contributed by atoms with Gasteiger partial charge >= 0.3 is 5.97 Å². The Labute approximate surface area is 226 Å². The summed E-state index contributed by atoms with van der Waals surface area (Å²) in [5.41, 5.74) is 2.57. The molecule has 2 heterocycles. The van der Waals surface area contributed by atoms with E-state index in [2.05, 4.69) is 19.7 Å². The minimum absolute atomic E-state index is 0.0653.